The number of benzene rings is 1. The second-order valence-corrected chi connectivity index (χ2v) is 3.27. The highest BCUT2D eigenvalue weighted by molar-refractivity contribution is 5.22. The quantitative estimate of drug-likeness (QED) is 0.709. The molecule has 0 bridgehead atoms. The Kier molecular flexibility index (Phi) is 2.29. The summed E-state index contributed by atoms with van der Waals surface area (Å²) in [5, 5.41) is 9.49. The van der Waals surface area contributed by atoms with E-state index >= 15 is 0 Å². The van der Waals surface area contributed by atoms with E-state index in [1.165, 1.54) is 12.1 Å². The number of hydrogen-bond donors (Lipinski definition) is 1. The first-order valence-corrected chi connectivity index (χ1v) is 4.28. The van der Waals surface area contributed by atoms with Gasteiger partial charge in [-0.15, -0.1) is 0 Å². The van der Waals surface area contributed by atoms with Crippen LogP contribution in [0.3, 0.4) is 0 Å². The third-order valence-corrected chi connectivity index (χ3v) is 2.33. The lowest BCUT2D eigenvalue weighted by Crippen LogP contribution is -2.15. The number of hydrogen-bond acceptors (Lipinski definition) is 2. The number of rotatable bonds is 1. The maximum atomic E-state index is 12.8. The molecule has 1 aliphatic rings. The van der Waals surface area contributed by atoms with Gasteiger partial charge in [-0.2, -0.15) is 0 Å². The molecule has 2 atom stereocenters. The summed E-state index contributed by atoms with van der Waals surface area (Å²) in [6.45, 7) is 0.825. The predicted molar refractivity (Wildman–Crippen MR) is 46.0 cm³/mol. The van der Waals surface area contributed by atoms with Crippen molar-refractivity contribution in [2.45, 2.75) is 12.0 Å². The fourth-order valence-electron chi connectivity index (χ4n) is 1.60. The summed E-state index contributed by atoms with van der Waals surface area (Å²) in [6.07, 6.45) is -0.498. The Balaban J connectivity index is 2.24. The predicted octanol–water partition coefficient (Wildman–Crippen LogP) is 1.30. The van der Waals surface area contributed by atoms with Crippen LogP contribution in [-0.2, 0) is 4.74 Å². The SMILES string of the molecule is O[C@@H]1COC[C@H]1c1cccc(F)c1. The second kappa shape index (κ2) is 3.44. The second-order valence-electron chi connectivity index (χ2n) is 3.27. The van der Waals surface area contributed by atoms with E-state index in [9.17, 15) is 9.50 Å². The lowest BCUT2D eigenvalue weighted by Gasteiger charge is -2.11. The smallest absolute Gasteiger partial charge is 0.123 e. The molecule has 2 rings (SSSR count). The first-order chi connectivity index (χ1) is 6.27. The number of aliphatic hydroxyl groups is 1. The van der Waals surface area contributed by atoms with Crippen molar-refractivity contribution in [1.82, 2.24) is 0 Å². The number of ether oxygens (including phenoxy) is 1. The van der Waals surface area contributed by atoms with E-state index in [0.29, 0.717) is 13.2 Å². The Bertz CT molecular complexity index is 301. The van der Waals surface area contributed by atoms with Crippen LogP contribution in [0.15, 0.2) is 24.3 Å². The molecular formula is C10H11FO2. The molecule has 1 saturated heterocycles. The molecule has 1 fully saturated rings. The maximum Gasteiger partial charge on any atom is 0.123 e. The summed E-state index contributed by atoms with van der Waals surface area (Å²) in [6, 6.07) is 6.30. The van der Waals surface area contributed by atoms with Crippen molar-refractivity contribution in [2.75, 3.05) is 13.2 Å². The molecule has 2 nitrogen and oxygen atoms in total. The van der Waals surface area contributed by atoms with Gasteiger partial charge in [0.25, 0.3) is 0 Å². The standard InChI is InChI=1S/C10H11FO2/c11-8-3-1-2-7(4-8)9-5-13-6-10(9)12/h1-4,9-10,12H,5-6H2/t9-,10+/m0/s1. The zero-order chi connectivity index (χ0) is 9.26. The highest BCUT2D eigenvalue weighted by atomic mass is 19.1. The molecule has 0 spiro atoms. The molecule has 1 N–H and O–H groups in total. The van der Waals surface area contributed by atoms with E-state index in [2.05, 4.69) is 0 Å². The lowest BCUT2D eigenvalue weighted by atomic mass is 9.96. The van der Waals surface area contributed by atoms with Gasteiger partial charge in [0.1, 0.15) is 5.82 Å². The van der Waals surface area contributed by atoms with E-state index < -0.39 is 6.10 Å². The van der Waals surface area contributed by atoms with Crippen LogP contribution in [0.1, 0.15) is 11.5 Å². The largest absolute Gasteiger partial charge is 0.390 e. The summed E-state index contributed by atoms with van der Waals surface area (Å²) < 4.78 is 17.9. The molecule has 1 aromatic rings. The molecule has 0 radical (unpaired) electrons. The van der Waals surface area contributed by atoms with E-state index in [4.69, 9.17) is 4.74 Å². The van der Waals surface area contributed by atoms with E-state index in [1.807, 2.05) is 6.07 Å². The molecule has 70 valence electrons. The highest BCUT2D eigenvalue weighted by Gasteiger charge is 2.27. The molecule has 13 heavy (non-hydrogen) atoms. The average molecular weight is 182 g/mol. The van der Waals surface area contributed by atoms with Crippen molar-refractivity contribution in [3.8, 4) is 0 Å². The first-order valence-electron chi connectivity index (χ1n) is 4.28. The van der Waals surface area contributed by atoms with Crippen molar-refractivity contribution in [2.24, 2.45) is 0 Å². The van der Waals surface area contributed by atoms with Gasteiger partial charge in [-0.1, -0.05) is 12.1 Å². The number of halogens is 1. The summed E-state index contributed by atoms with van der Waals surface area (Å²) in [5.74, 6) is -0.340. The molecule has 0 saturated carbocycles. The van der Waals surface area contributed by atoms with Crippen LogP contribution in [0, 0.1) is 5.82 Å². The van der Waals surface area contributed by atoms with E-state index in [-0.39, 0.29) is 11.7 Å². The molecule has 0 aromatic heterocycles. The zero-order valence-corrected chi connectivity index (χ0v) is 7.11. The molecule has 3 heteroatoms. The van der Waals surface area contributed by atoms with Crippen LogP contribution in [0.2, 0.25) is 0 Å². The van der Waals surface area contributed by atoms with Crippen molar-refractivity contribution >= 4 is 0 Å². The normalized spacial score (nSPS) is 27.8. The lowest BCUT2D eigenvalue weighted by molar-refractivity contribution is 0.124. The van der Waals surface area contributed by atoms with Gasteiger partial charge in [0, 0.05) is 5.92 Å². The van der Waals surface area contributed by atoms with E-state index in [0.717, 1.165) is 5.56 Å². The summed E-state index contributed by atoms with van der Waals surface area (Å²) in [5.41, 5.74) is 0.810. The van der Waals surface area contributed by atoms with Gasteiger partial charge in [0.05, 0.1) is 19.3 Å². The van der Waals surface area contributed by atoms with Crippen LogP contribution in [0.4, 0.5) is 4.39 Å². The zero-order valence-electron chi connectivity index (χ0n) is 7.11. The molecule has 1 aromatic carbocycles. The van der Waals surface area contributed by atoms with Gasteiger partial charge in [0.2, 0.25) is 0 Å². The van der Waals surface area contributed by atoms with Crippen molar-refractivity contribution in [1.29, 1.82) is 0 Å². The van der Waals surface area contributed by atoms with Gasteiger partial charge >= 0.3 is 0 Å². The van der Waals surface area contributed by atoms with Gasteiger partial charge in [-0.05, 0) is 17.7 Å². The average Bonchev–Trinajstić information content (AvgIpc) is 2.51. The van der Waals surface area contributed by atoms with Crippen molar-refractivity contribution < 1.29 is 14.2 Å². The van der Waals surface area contributed by atoms with Gasteiger partial charge in [-0.25, -0.2) is 4.39 Å². The monoisotopic (exact) mass is 182 g/mol. The summed E-state index contributed by atoms with van der Waals surface area (Å²) in [4.78, 5) is 0. The molecule has 0 amide bonds. The van der Waals surface area contributed by atoms with Crippen molar-refractivity contribution in [3.63, 3.8) is 0 Å². The minimum Gasteiger partial charge on any atom is -0.390 e. The molecule has 1 heterocycles. The Morgan fingerprint density at radius 1 is 1.38 bits per heavy atom. The Labute approximate surface area is 76.0 Å². The molecule has 0 unspecified atom stereocenters. The topological polar surface area (TPSA) is 29.5 Å². The molecule has 0 aliphatic carbocycles. The minimum atomic E-state index is -0.498. The fourth-order valence-corrected chi connectivity index (χ4v) is 1.60. The molecular weight excluding hydrogens is 171 g/mol. The fraction of sp³-hybridized carbons (Fsp3) is 0.400. The van der Waals surface area contributed by atoms with Gasteiger partial charge in [-0.3, -0.25) is 0 Å². The van der Waals surface area contributed by atoms with Crippen LogP contribution in [0.25, 0.3) is 0 Å². The van der Waals surface area contributed by atoms with Crippen LogP contribution < -0.4 is 0 Å². The molecule has 1 aliphatic heterocycles. The van der Waals surface area contributed by atoms with E-state index in [1.54, 1.807) is 6.07 Å². The Morgan fingerprint density at radius 3 is 2.85 bits per heavy atom. The first kappa shape index (κ1) is 8.66. The maximum absolute atomic E-state index is 12.8. The van der Waals surface area contributed by atoms with Crippen LogP contribution in [0.5, 0.6) is 0 Å². The number of aliphatic hydroxyl groups excluding tert-OH is 1. The summed E-state index contributed by atoms with van der Waals surface area (Å²) in [7, 11) is 0. The van der Waals surface area contributed by atoms with Gasteiger partial charge in [0.15, 0.2) is 0 Å². The highest BCUT2D eigenvalue weighted by Crippen LogP contribution is 2.25. The Morgan fingerprint density at radius 2 is 2.23 bits per heavy atom. The van der Waals surface area contributed by atoms with Crippen molar-refractivity contribution in [3.05, 3.63) is 35.6 Å². The van der Waals surface area contributed by atoms with Crippen LogP contribution >= 0.6 is 0 Å². The summed E-state index contributed by atoms with van der Waals surface area (Å²) >= 11 is 0. The minimum absolute atomic E-state index is 0.0734. The van der Waals surface area contributed by atoms with Crippen LogP contribution in [-0.4, -0.2) is 24.4 Å². The third-order valence-electron chi connectivity index (χ3n) is 2.33. The van der Waals surface area contributed by atoms with Gasteiger partial charge < -0.3 is 9.84 Å². The Hall–Kier alpha value is -0.930. The third kappa shape index (κ3) is 1.71.